The van der Waals surface area contributed by atoms with Crippen molar-refractivity contribution in [3.05, 3.63) is 54.8 Å². The number of likely N-dealkylation sites (N-methyl/N-ethyl adjacent to an activating group) is 1. The molecule has 0 aliphatic carbocycles. The van der Waals surface area contributed by atoms with Crippen LogP contribution in [0.2, 0.25) is 0 Å². The van der Waals surface area contributed by atoms with Crippen LogP contribution in [0.1, 0.15) is 6.92 Å². The summed E-state index contributed by atoms with van der Waals surface area (Å²) in [6, 6.07) is 7.80. The number of oxazole rings is 1. The van der Waals surface area contributed by atoms with Gasteiger partial charge in [-0.2, -0.15) is 22.0 Å². The largest absolute Gasteiger partial charge is 0.432 e. The lowest BCUT2D eigenvalue weighted by Crippen LogP contribution is -2.35. The van der Waals surface area contributed by atoms with Gasteiger partial charge in [0.05, 0.1) is 5.69 Å². The third-order valence-corrected chi connectivity index (χ3v) is 7.64. The second-order valence-corrected chi connectivity index (χ2v) is 9.39. The molecule has 1 aromatic carbocycles. The van der Waals surface area contributed by atoms with Crippen molar-refractivity contribution in [2.45, 2.75) is 6.92 Å². The minimum atomic E-state index is -3.40. The van der Waals surface area contributed by atoms with Crippen molar-refractivity contribution in [3.8, 4) is 22.6 Å². The molecule has 1 N–H and O–H groups in total. The van der Waals surface area contributed by atoms with E-state index in [-0.39, 0.29) is 5.82 Å². The fourth-order valence-electron chi connectivity index (χ4n) is 3.87. The summed E-state index contributed by atoms with van der Waals surface area (Å²) in [6.07, 6.45) is 4.87. The van der Waals surface area contributed by atoms with E-state index in [0.29, 0.717) is 61.6 Å². The third-order valence-electron chi connectivity index (χ3n) is 5.53. The highest BCUT2D eigenvalue weighted by Crippen LogP contribution is 2.32. The summed E-state index contributed by atoms with van der Waals surface area (Å²) < 4.78 is 48.4. The second-order valence-electron chi connectivity index (χ2n) is 7.46. The van der Waals surface area contributed by atoms with E-state index in [4.69, 9.17) is 4.42 Å². The van der Waals surface area contributed by atoms with Gasteiger partial charge in [-0.15, -0.1) is 0 Å². The molecule has 33 heavy (non-hydrogen) atoms. The van der Waals surface area contributed by atoms with Crippen LogP contribution in [0.3, 0.4) is 0 Å². The quantitative estimate of drug-likeness (QED) is 0.441. The van der Waals surface area contributed by atoms with Crippen molar-refractivity contribution >= 4 is 22.0 Å². The number of hydrogen-bond acceptors (Lipinski definition) is 7. The molecular formula is C21H22FN7O3S. The van der Waals surface area contributed by atoms with E-state index in [0.717, 1.165) is 5.56 Å². The monoisotopic (exact) mass is 471 g/mol. The van der Waals surface area contributed by atoms with Crippen molar-refractivity contribution in [2.75, 3.05) is 38.0 Å². The van der Waals surface area contributed by atoms with Gasteiger partial charge in [0.2, 0.25) is 5.95 Å². The maximum Gasteiger partial charge on any atom is 0.306 e. The Kier molecular flexibility index (Phi) is 5.56. The van der Waals surface area contributed by atoms with Crippen LogP contribution >= 0.6 is 0 Å². The van der Waals surface area contributed by atoms with Crippen LogP contribution in [-0.4, -0.2) is 69.1 Å². The molecule has 0 atom stereocenters. The minimum absolute atomic E-state index is 0.311. The minimum Gasteiger partial charge on any atom is -0.432 e. The first-order valence-electron chi connectivity index (χ1n) is 10.5. The highest BCUT2D eigenvalue weighted by atomic mass is 32.2. The molecule has 0 saturated carbocycles. The Bertz CT molecular complexity index is 1380. The Balaban J connectivity index is 1.39. The summed E-state index contributed by atoms with van der Waals surface area (Å²) in [6.45, 7) is 3.92. The normalized spacial score (nSPS) is 16.5. The zero-order valence-corrected chi connectivity index (χ0v) is 18.7. The summed E-state index contributed by atoms with van der Waals surface area (Å²) >= 11 is 0. The molecule has 3 aromatic heterocycles. The lowest BCUT2D eigenvalue weighted by atomic mass is 10.1. The Morgan fingerprint density at radius 3 is 2.67 bits per heavy atom. The van der Waals surface area contributed by atoms with E-state index in [1.54, 1.807) is 35.0 Å². The summed E-state index contributed by atoms with van der Waals surface area (Å²) in [4.78, 5) is 13.4. The molecule has 172 valence electrons. The highest BCUT2D eigenvalue weighted by Gasteiger charge is 2.34. The van der Waals surface area contributed by atoms with Crippen LogP contribution in [0.15, 0.2) is 53.4 Å². The summed E-state index contributed by atoms with van der Waals surface area (Å²) in [5.41, 5.74) is 2.59. The van der Waals surface area contributed by atoms with E-state index in [1.165, 1.54) is 27.0 Å². The first kappa shape index (κ1) is 21.5. The molecule has 10 nitrogen and oxygen atoms in total. The molecule has 4 aromatic rings. The van der Waals surface area contributed by atoms with Gasteiger partial charge in [-0.25, -0.2) is 14.4 Å². The Hall–Kier alpha value is -3.35. The Morgan fingerprint density at radius 2 is 1.91 bits per heavy atom. The lowest BCUT2D eigenvalue weighted by molar-refractivity contribution is 0.454. The summed E-state index contributed by atoms with van der Waals surface area (Å²) in [7, 11) is -3.40. The number of aromatic nitrogens is 4. The molecular weight excluding hydrogens is 449 g/mol. The highest BCUT2D eigenvalue weighted by molar-refractivity contribution is 7.87. The zero-order chi connectivity index (χ0) is 23.0. The molecule has 0 bridgehead atoms. The van der Waals surface area contributed by atoms with Gasteiger partial charge < -0.3 is 9.73 Å². The number of hydrogen-bond donors (Lipinski definition) is 1. The van der Waals surface area contributed by atoms with Crippen molar-refractivity contribution in [3.63, 3.8) is 0 Å². The van der Waals surface area contributed by atoms with Crippen LogP contribution < -0.4 is 5.32 Å². The van der Waals surface area contributed by atoms with Crippen LogP contribution in [0.4, 0.5) is 10.3 Å². The van der Waals surface area contributed by atoms with E-state index in [9.17, 15) is 12.8 Å². The molecule has 1 fully saturated rings. The van der Waals surface area contributed by atoms with Crippen molar-refractivity contribution in [1.82, 2.24) is 28.0 Å². The fraction of sp³-hybridized carbons (Fsp3) is 0.286. The molecule has 4 heterocycles. The zero-order valence-electron chi connectivity index (χ0n) is 17.8. The number of anilines is 1. The van der Waals surface area contributed by atoms with Gasteiger partial charge in [-0.3, -0.25) is 4.40 Å². The Morgan fingerprint density at radius 1 is 1.12 bits per heavy atom. The second kappa shape index (κ2) is 8.54. The molecule has 0 unspecified atom stereocenters. The van der Waals surface area contributed by atoms with Crippen molar-refractivity contribution in [2.24, 2.45) is 0 Å². The summed E-state index contributed by atoms with van der Waals surface area (Å²) in [5, 5.41) is 3.10. The molecule has 0 amide bonds. The average molecular weight is 472 g/mol. The van der Waals surface area contributed by atoms with Gasteiger partial charge in [0.15, 0.2) is 0 Å². The molecule has 1 saturated heterocycles. The van der Waals surface area contributed by atoms with Crippen LogP contribution in [0, 0.1) is 5.82 Å². The van der Waals surface area contributed by atoms with Crippen molar-refractivity contribution < 1.29 is 17.2 Å². The molecule has 0 spiro atoms. The number of rotatable bonds is 7. The number of nitrogens with zero attached hydrogens (tertiary/aromatic N) is 6. The average Bonchev–Trinajstić information content (AvgIpc) is 3.47. The summed E-state index contributed by atoms with van der Waals surface area (Å²) in [5.74, 6) is 0.413. The SMILES string of the molecule is CCN1CCN(CCNc2nccc(-c3c(-c4ccc(F)cc4)nc4occn34)n2)S1(=O)=O. The predicted molar refractivity (Wildman–Crippen MR) is 120 cm³/mol. The smallest absolute Gasteiger partial charge is 0.306 e. The maximum absolute atomic E-state index is 13.4. The van der Waals surface area contributed by atoms with Crippen LogP contribution in [0.5, 0.6) is 0 Å². The first-order valence-corrected chi connectivity index (χ1v) is 11.9. The molecule has 5 rings (SSSR count). The van der Waals surface area contributed by atoms with Crippen LogP contribution in [0.25, 0.3) is 28.5 Å². The van der Waals surface area contributed by atoms with Gasteiger partial charge in [0.1, 0.15) is 23.5 Å². The molecule has 0 radical (unpaired) electrons. The van der Waals surface area contributed by atoms with Gasteiger partial charge in [0, 0.05) is 50.7 Å². The van der Waals surface area contributed by atoms with Crippen molar-refractivity contribution in [1.29, 1.82) is 0 Å². The van der Waals surface area contributed by atoms with Gasteiger partial charge in [-0.05, 0) is 30.3 Å². The standard InChI is InChI=1S/C21H22FN7O3S/c1-2-27-11-12-28(33(27,30)31)10-9-24-20-23-8-7-17(25-20)19-18(15-3-5-16(22)6-4-15)26-21-29(19)13-14-32-21/h3-8,13-14H,2,9-12H2,1H3,(H,23,24,25). The number of benzene rings is 1. The number of fused-ring (bicyclic) bond motifs is 1. The molecule has 1 aliphatic rings. The Labute approximate surface area is 189 Å². The third kappa shape index (κ3) is 3.96. The molecule has 12 heteroatoms. The van der Waals surface area contributed by atoms with E-state index < -0.39 is 10.2 Å². The number of imidazole rings is 1. The van der Waals surface area contributed by atoms with Crippen LogP contribution in [-0.2, 0) is 10.2 Å². The lowest BCUT2D eigenvalue weighted by Gasteiger charge is -2.17. The van der Waals surface area contributed by atoms with E-state index in [1.807, 2.05) is 6.92 Å². The topological polar surface area (TPSA) is 109 Å². The van der Waals surface area contributed by atoms with E-state index in [2.05, 4.69) is 20.3 Å². The number of nitrogens with one attached hydrogen (secondary N) is 1. The predicted octanol–water partition coefficient (Wildman–Crippen LogP) is 2.48. The van der Waals surface area contributed by atoms with Gasteiger partial charge >= 0.3 is 5.84 Å². The van der Waals surface area contributed by atoms with E-state index >= 15 is 0 Å². The fourth-order valence-corrected chi connectivity index (χ4v) is 5.47. The maximum atomic E-state index is 13.4. The van der Waals surface area contributed by atoms with Gasteiger partial charge in [0.25, 0.3) is 10.2 Å². The molecule has 1 aliphatic heterocycles. The first-order chi connectivity index (χ1) is 16.0. The number of halogens is 1. The van der Waals surface area contributed by atoms with Gasteiger partial charge in [-0.1, -0.05) is 6.92 Å².